The summed E-state index contributed by atoms with van der Waals surface area (Å²) in [5.41, 5.74) is 3.41. The summed E-state index contributed by atoms with van der Waals surface area (Å²) >= 11 is 0. The third-order valence-electron chi connectivity index (χ3n) is 2.01. The van der Waals surface area contributed by atoms with E-state index in [2.05, 4.69) is 5.43 Å². The van der Waals surface area contributed by atoms with Crippen molar-refractivity contribution in [2.24, 2.45) is 0 Å². The van der Waals surface area contributed by atoms with Gasteiger partial charge in [-0.3, -0.25) is 15.2 Å². The van der Waals surface area contributed by atoms with E-state index in [-0.39, 0.29) is 11.9 Å². The SMILES string of the molecule is CC(C)N(Nc1ccc(F)cc1)C(=O)CO. The Morgan fingerprint density at radius 2 is 2.00 bits per heavy atom. The number of carbonyl (C=O) groups excluding carboxylic acids is 1. The molecular weight excluding hydrogens is 211 g/mol. The highest BCUT2D eigenvalue weighted by molar-refractivity contribution is 5.78. The van der Waals surface area contributed by atoms with E-state index in [9.17, 15) is 9.18 Å². The summed E-state index contributed by atoms with van der Waals surface area (Å²) in [5.74, 6) is -0.769. The molecule has 4 nitrogen and oxygen atoms in total. The van der Waals surface area contributed by atoms with Gasteiger partial charge in [0.1, 0.15) is 12.4 Å². The summed E-state index contributed by atoms with van der Waals surface area (Å²) in [6, 6.07) is 5.53. The van der Waals surface area contributed by atoms with E-state index in [0.717, 1.165) is 0 Å². The molecule has 1 rings (SSSR count). The van der Waals surface area contributed by atoms with Crippen molar-refractivity contribution in [3.63, 3.8) is 0 Å². The Hall–Kier alpha value is -1.62. The van der Waals surface area contributed by atoms with Crippen molar-refractivity contribution in [3.05, 3.63) is 30.1 Å². The molecule has 1 aromatic carbocycles. The molecule has 0 saturated carbocycles. The zero-order valence-electron chi connectivity index (χ0n) is 9.27. The highest BCUT2D eigenvalue weighted by Gasteiger charge is 2.15. The Balaban J connectivity index is 2.75. The van der Waals surface area contributed by atoms with Gasteiger partial charge in [-0.25, -0.2) is 4.39 Å². The van der Waals surface area contributed by atoms with Crippen molar-refractivity contribution in [2.45, 2.75) is 19.9 Å². The van der Waals surface area contributed by atoms with Crippen LogP contribution < -0.4 is 5.43 Å². The van der Waals surface area contributed by atoms with Crippen LogP contribution in [0, 0.1) is 5.82 Å². The van der Waals surface area contributed by atoms with Gasteiger partial charge in [0.05, 0.1) is 5.69 Å². The maximum Gasteiger partial charge on any atom is 0.266 e. The third-order valence-corrected chi connectivity index (χ3v) is 2.01. The monoisotopic (exact) mass is 226 g/mol. The van der Waals surface area contributed by atoms with Gasteiger partial charge in [-0.05, 0) is 38.1 Å². The number of amides is 1. The minimum Gasteiger partial charge on any atom is -0.386 e. The molecule has 0 aliphatic rings. The molecule has 16 heavy (non-hydrogen) atoms. The van der Waals surface area contributed by atoms with E-state index in [1.54, 1.807) is 0 Å². The number of rotatable bonds is 4. The van der Waals surface area contributed by atoms with Crippen molar-refractivity contribution in [2.75, 3.05) is 12.0 Å². The molecule has 0 fully saturated rings. The van der Waals surface area contributed by atoms with Crippen LogP contribution in [0.15, 0.2) is 24.3 Å². The molecule has 1 aromatic rings. The number of halogens is 1. The fourth-order valence-corrected chi connectivity index (χ4v) is 1.22. The third kappa shape index (κ3) is 3.20. The summed E-state index contributed by atoms with van der Waals surface area (Å²) in [6.45, 7) is 3.06. The Morgan fingerprint density at radius 3 is 2.44 bits per heavy atom. The zero-order chi connectivity index (χ0) is 12.1. The summed E-state index contributed by atoms with van der Waals surface area (Å²) < 4.78 is 12.7. The second-order valence-electron chi connectivity index (χ2n) is 3.63. The number of hydrogen-bond donors (Lipinski definition) is 2. The smallest absolute Gasteiger partial charge is 0.266 e. The second-order valence-corrected chi connectivity index (χ2v) is 3.63. The summed E-state index contributed by atoms with van der Waals surface area (Å²) in [5, 5.41) is 10.1. The van der Waals surface area contributed by atoms with E-state index < -0.39 is 12.5 Å². The minimum absolute atomic E-state index is 0.107. The highest BCUT2D eigenvalue weighted by Crippen LogP contribution is 2.11. The molecule has 1 amide bonds. The molecule has 0 bridgehead atoms. The average Bonchev–Trinajstić information content (AvgIpc) is 2.27. The largest absolute Gasteiger partial charge is 0.386 e. The fraction of sp³-hybridized carbons (Fsp3) is 0.364. The number of aliphatic hydroxyl groups is 1. The first-order valence-corrected chi connectivity index (χ1v) is 4.99. The number of hydrogen-bond acceptors (Lipinski definition) is 3. The van der Waals surface area contributed by atoms with Crippen molar-refractivity contribution in [1.29, 1.82) is 0 Å². The number of carbonyl (C=O) groups is 1. The molecule has 0 aliphatic heterocycles. The molecule has 5 heteroatoms. The Morgan fingerprint density at radius 1 is 1.44 bits per heavy atom. The van der Waals surface area contributed by atoms with Crippen LogP contribution in [-0.4, -0.2) is 28.7 Å². The van der Waals surface area contributed by atoms with E-state index in [0.29, 0.717) is 5.69 Å². The standard InChI is InChI=1S/C11H15FN2O2/c1-8(2)14(11(16)7-15)13-10-5-3-9(12)4-6-10/h3-6,8,13,15H,7H2,1-2H3. The first kappa shape index (κ1) is 12.4. The number of hydrazine groups is 1. The quantitative estimate of drug-likeness (QED) is 0.763. The van der Waals surface area contributed by atoms with Gasteiger partial charge in [-0.1, -0.05) is 0 Å². The molecule has 88 valence electrons. The lowest BCUT2D eigenvalue weighted by atomic mass is 10.3. The Labute approximate surface area is 93.7 Å². The van der Waals surface area contributed by atoms with Crippen LogP contribution in [-0.2, 0) is 4.79 Å². The van der Waals surface area contributed by atoms with Crippen molar-refractivity contribution >= 4 is 11.6 Å². The predicted octanol–water partition coefficient (Wildman–Crippen LogP) is 1.38. The minimum atomic E-state index is -0.563. The fourth-order valence-electron chi connectivity index (χ4n) is 1.22. The number of anilines is 1. The van der Waals surface area contributed by atoms with Crippen LogP contribution in [0.25, 0.3) is 0 Å². The lowest BCUT2D eigenvalue weighted by Gasteiger charge is -2.27. The van der Waals surface area contributed by atoms with Gasteiger partial charge in [-0.15, -0.1) is 0 Å². The van der Waals surface area contributed by atoms with Crippen molar-refractivity contribution in [1.82, 2.24) is 5.01 Å². The highest BCUT2D eigenvalue weighted by atomic mass is 19.1. The van der Waals surface area contributed by atoms with Crippen molar-refractivity contribution in [3.8, 4) is 0 Å². The average molecular weight is 226 g/mol. The van der Waals surface area contributed by atoms with Gasteiger partial charge in [-0.2, -0.15) is 0 Å². The van der Waals surface area contributed by atoms with Crippen LogP contribution in [0.1, 0.15) is 13.8 Å². The van der Waals surface area contributed by atoms with Gasteiger partial charge in [0, 0.05) is 6.04 Å². The molecule has 0 aromatic heterocycles. The zero-order valence-corrected chi connectivity index (χ0v) is 9.27. The predicted molar refractivity (Wildman–Crippen MR) is 59.1 cm³/mol. The summed E-state index contributed by atoms with van der Waals surface area (Å²) in [7, 11) is 0. The molecule has 0 saturated heterocycles. The number of benzene rings is 1. The lowest BCUT2D eigenvalue weighted by molar-refractivity contribution is -0.134. The van der Waals surface area contributed by atoms with Crippen LogP contribution in [0.3, 0.4) is 0 Å². The first-order chi connectivity index (χ1) is 7.54. The van der Waals surface area contributed by atoms with Crippen LogP contribution in [0.2, 0.25) is 0 Å². The topological polar surface area (TPSA) is 52.6 Å². The van der Waals surface area contributed by atoms with Crippen LogP contribution in [0.4, 0.5) is 10.1 Å². The Kier molecular flexibility index (Phi) is 4.25. The first-order valence-electron chi connectivity index (χ1n) is 4.99. The number of nitrogens with one attached hydrogen (secondary N) is 1. The van der Waals surface area contributed by atoms with E-state index in [1.807, 2.05) is 13.8 Å². The van der Waals surface area contributed by atoms with Gasteiger partial charge in [0.2, 0.25) is 0 Å². The van der Waals surface area contributed by atoms with Gasteiger partial charge >= 0.3 is 0 Å². The maximum absolute atomic E-state index is 12.7. The summed E-state index contributed by atoms with van der Waals surface area (Å²) in [6.07, 6.45) is 0. The van der Waals surface area contributed by atoms with E-state index in [1.165, 1.54) is 29.3 Å². The molecule has 0 radical (unpaired) electrons. The molecule has 0 atom stereocenters. The molecule has 0 spiro atoms. The second kappa shape index (κ2) is 5.46. The normalized spacial score (nSPS) is 10.3. The Bertz CT molecular complexity index is 352. The molecule has 0 aliphatic carbocycles. The molecular formula is C11H15FN2O2. The van der Waals surface area contributed by atoms with Crippen LogP contribution in [0.5, 0.6) is 0 Å². The molecule has 0 unspecified atom stereocenters. The van der Waals surface area contributed by atoms with Gasteiger partial charge in [0.25, 0.3) is 5.91 Å². The van der Waals surface area contributed by atoms with Crippen LogP contribution >= 0.6 is 0 Å². The van der Waals surface area contributed by atoms with Gasteiger partial charge < -0.3 is 5.11 Å². The van der Waals surface area contributed by atoms with E-state index in [4.69, 9.17) is 5.11 Å². The van der Waals surface area contributed by atoms with E-state index >= 15 is 0 Å². The molecule has 2 N–H and O–H groups in total. The maximum atomic E-state index is 12.7. The lowest BCUT2D eigenvalue weighted by Crippen LogP contribution is -2.43. The number of nitrogens with zero attached hydrogens (tertiary/aromatic N) is 1. The van der Waals surface area contributed by atoms with Gasteiger partial charge in [0.15, 0.2) is 0 Å². The molecule has 0 heterocycles. The summed E-state index contributed by atoms with van der Waals surface area (Å²) in [4.78, 5) is 11.4. The number of aliphatic hydroxyl groups excluding tert-OH is 1. The van der Waals surface area contributed by atoms with Crippen molar-refractivity contribution < 1.29 is 14.3 Å².